The first-order chi connectivity index (χ1) is 12.2. The van der Waals surface area contributed by atoms with E-state index in [4.69, 9.17) is 4.99 Å². The lowest BCUT2D eigenvalue weighted by molar-refractivity contribution is 0.482. The molecule has 2 unspecified atom stereocenters. The van der Waals surface area contributed by atoms with E-state index in [-0.39, 0.29) is 0 Å². The van der Waals surface area contributed by atoms with Gasteiger partial charge in [0.25, 0.3) is 0 Å². The molecule has 1 N–H and O–H groups in total. The van der Waals surface area contributed by atoms with Crippen molar-refractivity contribution in [3.05, 3.63) is 53.3 Å². The topological polar surface area (TPSA) is 45.5 Å². The normalized spacial score (nSPS) is 22.6. The molecule has 132 valence electrons. The highest BCUT2D eigenvalue weighted by atomic mass is 15.3. The molecule has 0 saturated carbocycles. The Morgan fingerprint density at radius 3 is 3.00 bits per heavy atom. The molecule has 0 radical (unpaired) electrons. The van der Waals surface area contributed by atoms with Gasteiger partial charge in [-0.25, -0.2) is 0 Å². The molecule has 2 atom stereocenters. The molecule has 4 rings (SSSR count). The van der Waals surface area contributed by atoms with E-state index < -0.39 is 0 Å². The van der Waals surface area contributed by atoms with E-state index in [1.807, 2.05) is 17.9 Å². The summed E-state index contributed by atoms with van der Waals surface area (Å²) >= 11 is 0. The minimum Gasteiger partial charge on any atom is -0.357 e. The quantitative estimate of drug-likeness (QED) is 0.689. The second-order valence-corrected chi connectivity index (χ2v) is 7.17. The van der Waals surface area contributed by atoms with Crippen LogP contribution in [0.5, 0.6) is 0 Å². The van der Waals surface area contributed by atoms with E-state index in [0.717, 1.165) is 38.6 Å². The van der Waals surface area contributed by atoms with Crippen molar-refractivity contribution in [1.82, 2.24) is 20.0 Å². The van der Waals surface area contributed by atoms with Gasteiger partial charge in [0.2, 0.25) is 0 Å². The molecule has 2 aliphatic rings. The Bertz CT molecular complexity index is 763. The second kappa shape index (κ2) is 6.90. The smallest absolute Gasteiger partial charge is 0.193 e. The molecule has 2 aromatic rings. The summed E-state index contributed by atoms with van der Waals surface area (Å²) < 4.78 is 1.89. The minimum atomic E-state index is 0.557. The summed E-state index contributed by atoms with van der Waals surface area (Å²) in [5, 5.41) is 7.80. The van der Waals surface area contributed by atoms with Gasteiger partial charge in [-0.15, -0.1) is 0 Å². The molecule has 5 heteroatoms. The fourth-order valence-corrected chi connectivity index (χ4v) is 4.02. The summed E-state index contributed by atoms with van der Waals surface area (Å²) in [7, 11) is 1.98. The molecule has 5 nitrogen and oxygen atoms in total. The van der Waals surface area contributed by atoms with Gasteiger partial charge in [-0.3, -0.25) is 9.67 Å². The van der Waals surface area contributed by atoms with Crippen LogP contribution >= 0.6 is 0 Å². The number of aromatic nitrogens is 2. The van der Waals surface area contributed by atoms with Crippen LogP contribution < -0.4 is 5.32 Å². The number of rotatable bonds is 4. The van der Waals surface area contributed by atoms with Crippen LogP contribution in [0, 0.1) is 0 Å². The van der Waals surface area contributed by atoms with Crippen LogP contribution in [0.3, 0.4) is 0 Å². The van der Waals surface area contributed by atoms with Crippen LogP contribution in [-0.2, 0) is 13.5 Å². The van der Waals surface area contributed by atoms with Crippen LogP contribution in [0.1, 0.15) is 41.9 Å². The SMILES string of the molecule is CCNC(=NCC1Cc2ccccc21)N1CCC(c2cnn(C)c2)C1. The Morgan fingerprint density at radius 1 is 1.36 bits per heavy atom. The Morgan fingerprint density at radius 2 is 2.24 bits per heavy atom. The minimum absolute atomic E-state index is 0.557. The van der Waals surface area contributed by atoms with Crippen molar-refractivity contribution in [2.75, 3.05) is 26.2 Å². The molecule has 1 aromatic heterocycles. The molecule has 1 aliphatic heterocycles. The third-order valence-corrected chi connectivity index (χ3v) is 5.44. The molecular weight excluding hydrogens is 310 g/mol. The second-order valence-electron chi connectivity index (χ2n) is 7.17. The summed E-state index contributed by atoms with van der Waals surface area (Å²) in [4.78, 5) is 7.37. The maximum atomic E-state index is 4.96. The van der Waals surface area contributed by atoms with Crippen LogP contribution in [0.2, 0.25) is 0 Å². The summed E-state index contributed by atoms with van der Waals surface area (Å²) in [6.45, 7) is 6.02. The van der Waals surface area contributed by atoms with Crippen molar-refractivity contribution in [1.29, 1.82) is 0 Å². The van der Waals surface area contributed by atoms with Crippen LogP contribution in [0.25, 0.3) is 0 Å². The zero-order valence-corrected chi connectivity index (χ0v) is 15.2. The lowest BCUT2D eigenvalue weighted by Crippen LogP contribution is -2.40. The monoisotopic (exact) mass is 337 g/mol. The number of benzene rings is 1. The van der Waals surface area contributed by atoms with Crippen molar-refractivity contribution < 1.29 is 0 Å². The van der Waals surface area contributed by atoms with Gasteiger partial charge in [0.1, 0.15) is 0 Å². The van der Waals surface area contributed by atoms with Gasteiger partial charge in [0.15, 0.2) is 5.96 Å². The van der Waals surface area contributed by atoms with Crippen molar-refractivity contribution in [2.24, 2.45) is 12.0 Å². The van der Waals surface area contributed by atoms with Gasteiger partial charge >= 0.3 is 0 Å². The summed E-state index contributed by atoms with van der Waals surface area (Å²) in [5.74, 6) is 2.21. The van der Waals surface area contributed by atoms with Crippen LogP contribution in [0.4, 0.5) is 0 Å². The van der Waals surface area contributed by atoms with E-state index in [1.165, 1.54) is 23.1 Å². The maximum absolute atomic E-state index is 4.96. The predicted octanol–water partition coefficient (Wildman–Crippen LogP) is 2.51. The highest BCUT2D eigenvalue weighted by molar-refractivity contribution is 5.80. The van der Waals surface area contributed by atoms with Crippen LogP contribution in [0.15, 0.2) is 41.7 Å². The average Bonchev–Trinajstić information content (AvgIpc) is 3.23. The molecule has 2 heterocycles. The number of likely N-dealkylation sites (tertiary alicyclic amines) is 1. The predicted molar refractivity (Wildman–Crippen MR) is 101 cm³/mol. The van der Waals surface area contributed by atoms with Gasteiger partial charge < -0.3 is 10.2 Å². The Labute approximate surface area is 149 Å². The Kier molecular flexibility index (Phi) is 4.47. The fourth-order valence-electron chi connectivity index (χ4n) is 4.02. The number of hydrogen-bond acceptors (Lipinski definition) is 2. The molecular formula is C20H27N5. The van der Waals surface area contributed by atoms with Crippen molar-refractivity contribution in [2.45, 2.75) is 31.6 Å². The van der Waals surface area contributed by atoms with Crippen LogP contribution in [-0.4, -0.2) is 46.8 Å². The molecule has 0 bridgehead atoms. The lowest BCUT2D eigenvalue weighted by Gasteiger charge is -2.29. The van der Waals surface area contributed by atoms with E-state index in [1.54, 1.807) is 0 Å². The van der Waals surface area contributed by atoms with Gasteiger partial charge in [-0.05, 0) is 36.5 Å². The highest BCUT2D eigenvalue weighted by Crippen LogP contribution is 2.35. The molecule has 1 fully saturated rings. The first-order valence-electron chi connectivity index (χ1n) is 9.34. The first kappa shape index (κ1) is 16.2. The van der Waals surface area contributed by atoms with E-state index in [0.29, 0.717) is 11.8 Å². The molecule has 0 amide bonds. The van der Waals surface area contributed by atoms with Crippen molar-refractivity contribution in [3.8, 4) is 0 Å². The standard InChI is InChI=1S/C20H27N5/c1-3-21-20(22-11-17-10-15-6-4-5-7-19(15)17)25-9-8-16(14-25)18-12-23-24(2)13-18/h4-7,12-13,16-17H,3,8-11,14H2,1-2H3,(H,21,22). The van der Waals surface area contributed by atoms with Crippen molar-refractivity contribution >= 4 is 5.96 Å². The van der Waals surface area contributed by atoms with E-state index in [9.17, 15) is 0 Å². The molecule has 25 heavy (non-hydrogen) atoms. The van der Waals surface area contributed by atoms with E-state index >= 15 is 0 Å². The maximum Gasteiger partial charge on any atom is 0.193 e. The van der Waals surface area contributed by atoms with E-state index in [2.05, 4.69) is 52.7 Å². The van der Waals surface area contributed by atoms with Gasteiger partial charge in [-0.1, -0.05) is 24.3 Å². The summed E-state index contributed by atoms with van der Waals surface area (Å²) in [6.07, 6.45) is 6.48. The third-order valence-electron chi connectivity index (χ3n) is 5.44. The Hall–Kier alpha value is -2.30. The number of fused-ring (bicyclic) bond motifs is 1. The highest BCUT2D eigenvalue weighted by Gasteiger charge is 2.28. The average molecular weight is 337 g/mol. The number of nitrogens with zero attached hydrogens (tertiary/aromatic N) is 4. The van der Waals surface area contributed by atoms with Crippen molar-refractivity contribution in [3.63, 3.8) is 0 Å². The summed E-state index contributed by atoms with van der Waals surface area (Å²) in [5.41, 5.74) is 4.32. The Balaban J connectivity index is 1.41. The lowest BCUT2D eigenvalue weighted by atomic mass is 9.78. The molecule has 1 aliphatic carbocycles. The zero-order chi connectivity index (χ0) is 17.2. The molecule has 1 saturated heterocycles. The van der Waals surface area contributed by atoms with Gasteiger partial charge in [-0.2, -0.15) is 5.10 Å². The van der Waals surface area contributed by atoms with Gasteiger partial charge in [0.05, 0.1) is 6.20 Å². The summed E-state index contributed by atoms with van der Waals surface area (Å²) in [6, 6.07) is 8.75. The molecule has 0 spiro atoms. The largest absolute Gasteiger partial charge is 0.357 e. The number of hydrogen-bond donors (Lipinski definition) is 1. The number of aryl methyl sites for hydroxylation is 1. The number of guanidine groups is 1. The van der Waals surface area contributed by atoms with Gasteiger partial charge in [0, 0.05) is 51.3 Å². The third kappa shape index (κ3) is 3.28. The fraction of sp³-hybridized carbons (Fsp3) is 0.500. The molecule has 1 aromatic carbocycles. The zero-order valence-electron chi connectivity index (χ0n) is 15.2. The number of aliphatic imine (C=N–C) groups is 1. The number of nitrogens with one attached hydrogen (secondary N) is 1. The first-order valence-corrected chi connectivity index (χ1v) is 9.34.